The number of hydrogen-bond acceptors (Lipinski definition) is 4. The molecule has 0 radical (unpaired) electrons. The largest absolute Gasteiger partial charge is 0.460 e. The smallest absolute Gasteiger partial charge is 0.235 e. The lowest BCUT2D eigenvalue weighted by Crippen LogP contribution is -2.12. The fraction of sp³-hybridized carbons (Fsp3) is 0.176. The molecular weight excluding hydrogens is 346 g/mol. The monoisotopic (exact) mass is 359 g/mol. The molecule has 3 aromatic rings. The van der Waals surface area contributed by atoms with Crippen LogP contribution in [-0.4, -0.2) is 21.9 Å². The number of halogens is 1. The van der Waals surface area contributed by atoms with E-state index in [-0.39, 0.29) is 11.2 Å². The predicted molar refractivity (Wildman–Crippen MR) is 95.4 cm³/mol. The molecule has 122 valence electrons. The average Bonchev–Trinajstić information content (AvgIpc) is 3.13. The third-order valence-corrected chi connectivity index (χ3v) is 5.36. The van der Waals surface area contributed by atoms with Gasteiger partial charge in [0.25, 0.3) is 0 Å². The molecule has 4 rings (SSSR count). The minimum absolute atomic E-state index is 0.0585. The van der Waals surface area contributed by atoms with Gasteiger partial charge in [-0.15, -0.1) is 11.8 Å². The van der Waals surface area contributed by atoms with Crippen LogP contribution >= 0.6 is 23.4 Å². The van der Waals surface area contributed by atoms with Crippen LogP contribution in [-0.2, 0) is 4.79 Å². The zero-order chi connectivity index (χ0) is 16.7. The third-order valence-electron chi connectivity index (χ3n) is 3.89. The first-order valence-electron chi connectivity index (χ1n) is 7.44. The standard InChI is InChI=1S/C17H14ClN3O2S/c1-9-15-16(24-8-14(22)19-17(15)21-20-9)13-6-5-12(23-13)10-3-2-4-11(18)7-10/h2-7,16H,8H2,1H3,(H2,19,20,21,22). The van der Waals surface area contributed by atoms with Crippen molar-refractivity contribution in [2.75, 3.05) is 11.1 Å². The van der Waals surface area contributed by atoms with Crippen LogP contribution in [0.1, 0.15) is 22.3 Å². The molecule has 2 aromatic heterocycles. The van der Waals surface area contributed by atoms with Gasteiger partial charge in [0.1, 0.15) is 11.5 Å². The van der Waals surface area contributed by atoms with Gasteiger partial charge in [0.05, 0.1) is 11.0 Å². The van der Waals surface area contributed by atoms with Crippen LogP contribution in [0.15, 0.2) is 40.8 Å². The maximum atomic E-state index is 11.9. The lowest BCUT2D eigenvalue weighted by atomic mass is 10.1. The van der Waals surface area contributed by atoms with Gasteiger partial charge in [-0.3, -0.25) is 9.89 Å². The minimum Gasteiger partial charge on any atom is -0.460 e. The first kappa shape index (κ1) is 15.4. The summed E-state index contributed by atoms with van der Waals surface area (Å²) in [4.78, 5) is 11.9. The Hall–Kier alpha value is -2.18. The highest BCUT2D eigenvalue weighted by Gasteiger charge is 2.30. The van der Waals surface area contributed by atoms with Crippen molar-refractivity contribution in [3.05, 3.63) is 58.4 Å². The molecule has 1 atom stereocenters. The Bertz CT molecular complexity index is 918. The van der Waals surface area contributed by atoms with E-state index in [0.29, 0.717) is 16.6 Å². The summed E-state index contributed by atoms with van der Waals surface area (Å²) >= 11 is 7.58. The summed E-state index contributed by atoms with van der Waals surface area (Å²) in [5, 5.41) is 10.5. The minimum atomic E-state index is -0.0920. The molecule has 1 aromatic carbocycles. The van der Waals surface area contributed by atoms with Crippen LogP contribution in [0.25, 0.3) is 11.3 Å². The Balaban J connectivity index is 1.74. The van der Waals surface area contributed by atoms with E-state index in [1.807, 2.05) is 43.3 Å². The van der Waals surface area contributed by atoms with Crippen LogP contribution in [0.3, 0.4) is 0 Å². The number of aryl methyl sites for hydroxylation is 1. The maximum absolute atomic E-state index is 11.9. The number of nitrogens with zero attached hydrogens (tertiary/aromatic N) is 1. The fourth-order valence-electron chi connectivity index (χ4n) is 2.78. The second-order valence-electron chi connectivity index (χ2n) is 5.56. The van der Waals surface area contributed by atoms with Crippen LogP contribution in [0.4, 0.5) is 5.82 Å². The second kappa shape index (κ2) is 6.03. The van der Waals surface area contributed by atoms with Crippen molar-refractivity contribution in [3.63, 3.8) is 0 Å². The van der Waals surface area contributed by atoms with Crippen molar-refractivity contribution in [1.82, 2.24) is 10.2 Å². The second-order valence-corrected chi connectivity index (χ2v) is 7.09. The van der Waals surface area contributed by atoms with Gasteiger partial charge in [0.15, 0.2) is 5.82 Å². The molecule has 0 aliphatic carbocycles. The molecule has 0 spiro atoms. The highest BCUT2D eigenvalue weighted by atomic mass is 35.5. The molecule has 1 unspecified atom stereocenters. The summed E-state index contributed by atoms with van der Waals surface area (Å²) in [6.07, 6.45) is 0. The van der Waals surface area contributed by atoms with Gasteiger partial charge in [0, 0.05) is 21.8 Å². The molecule has 1 aliphatic rings. The molecule has 3 heterocycles. The summed E-state index contributed by atoms with van der Waals surface area (Å²) in [6.45, 7) is 1.94. The molecule has 5 nitrogen and oxygen atoms in total. The Morgan fingerprint density at radius 3 is 3.04 bits per heavy atom. The van der Waals surface area contributed by atoms with Crippen molar-refractivity contribution in [1.29, 1.82) is 0 Å². The van der Waals surface area contributed by atoms with Crippen LogP contribution in [0.5, 0.6) is 0 Å². The highest BCUT2D eigenvalue weighted by Crippen LogP contribution is 2.43. The molecule has 0 saturated heterocycles. The average molecular weight is 360 g/mol. The zero-order valence-electron chi connectivity index (χ0n) is 12.8. The first-order chi connectivity index (χ1) is 11.6. The van der Waals surface area contributed by atoms with Gasteiger partial charge in [-0.2, -0.15) is 5.10 Å². The number of carbonyl (C=O) groups is 1. The van der Waals surface area contributed by atoms with Gasteiger partial charge in [-0.05, 0) is 31.2 Å². The number of rotatable bonds is 2. The number of nitrogens with one attached hydrogen (secondary N) is 2. The quantitative estimate of drug-likeness (QED) is 0.711. The van der Waals surface area contributed by atoms with Crippen LogP contribution in [0.2, 0.25) is 5.02 Å². The molecule has 0 bridgehead atoms. The van der Waals surface area contributed by atoms with Crippen molar-refractivity contribution in [2.45, 2.75) is 12.2 Å². The van der Waals surface area contributed by atoms with Crippen LogP contribution < -0.4 is 5.32 Å². The van der Waals surface area contributed by atoms with Gasteiger partial charge < -0.3 is 9.73 Å². The predicted octanol–water partition coefficient (Wildman–Crippen LogP) is 4.41. The summed E-state index contributed by atoms with van der Waals surface area (Å²) < 4.78 is 6.08. The Morgan fingerprint density at radius 1 is 1.33 bits per heavy atom. The van der Waals surface area contributed by atoms with Crippen molar-refractivity contribution in [3.8, 4) is 11.3 Å². The van der Waals surface area contributed by atoms with Crippen molar-refractivity contribution in [2.24, 2.45) is 0 Å². The zero-order valence-corrected chi connectivity index (χ0v) is 14.4. The third kappa shape index (κ3) is 2.72. The summed E-state index contributed by atoms with van der Waals surface area (Å²) in [5.41, 5.74) is 2.80. The number of fused-ring (bicyclic) bond motifs is 1. The van der Waals surface area contributed by atoms with Gasteiger partial charge >= 0.3 is 0 Å². The van der Waals surface area contributed by atoms with Crippen molar-refractivity contribution < 1.29 is 9.21 Å². The maximum Gasteiger partial charge on any atom is 0.235 e. The van der Waals surface area contributed by atoms with E-state index in [0.717, 1.165) is 28.3 Å². The van der Waals surface area contributed by atoms with E-state index in [4.69, 9.17) is 16.0 Å². The number of hydrogen-bond donors (Lipinski definition) is 2. The van der Waals surface area contributed by atoms with E-state index in [9.17, 15) is 4.79 Å². The lowest BCUT2D eigenvalue weighted by Gasteiger charge is -2.11. The Morgan fingerprint density at radius 2 is 2.21 bits per heavy atom. The molecule has 1 aliphatic heterocycles. The molecule has 7 heteroatoms. The number of H-pyrrole nitrogens is 1. The first-order valence-corrected chi connectivity index (χ1v) is 8.86. The number of benzene rings is 1. The van der Waals surface area contributed by atoms with Gasteiger partial charge in [0.2, 0.25) is 5.91 Å². The summed E-state index contributed by atoms with van der Waals surface area (Å²) in [6, 6.07) is 11.4. The number of carbonyl (C=O) groups excluding carboxylic acids is 1. The number of aromatic amines is 1. The molecule has 24 heavy (non-hydrogen) atoms. The molecular formula is C17H14ClN3O2S. The van der Waals surface area contributed by atoms with E-state index in [1.54, 1.807) is 0 Å². The van der Waals surface area contributed by atoms with Gasteiger partial charge in [-0.25, -0.2) is 0 Å². The molecule has 2 N–H and O–H groups in total. The Kier molecular flexibility index (Phi) is 3.86. The normalized spacial score (nSPS) is 17.2. The van der Waals surface area contributed by atoms with E-state index >= 15 is 0 Å². The molecule has 1 amide bonds. The Labute approximate surface area is 147 Å². The van der Waals surface area contributed by atoms with E-state index in [1.165, 1.54) is 11.8 Å². The molecule has 0 fully saturated rings. The summed E-state index contributed by atoms with van der Waals surface area (Å²) in [5.74, 6) is 2.41. The highest BCUT2D eigenvalue weighted by molar-refractivity contribution is 8.00. The number of thioether (sulfide) groups is 1. The SMILES string of the molecule is Cc1[nH]nc2c1C(c1ccc(-c3cccc(Cl)c3)o1)SCC(=O)N2. The van der Waals surface area contributed by atoms with Crippen LogP contribution in [0, 0.1) is 6.92 Å². The van der Waals surface area contributed by atoms with Gasteiger partial charge in [-0.1, -0.05) is 23.7 Å². The number of aromatic nitrogens is 2. The lowest BCUT2D eigenvalue weighted by molar-refractivity contribution is -0.113. The van der Waals surface area contributed by atoms with E-state index in [2.05, 4.69) is 15.5 Å². The molecule has 0 saturated carbocycles. The fourth-order valence-corrected chi connectivity index (χ4v) is 4.11. The van der Waals surface area contributed by atoms with E-state index < -0.39 is 0 Å². The summed E-state index contributed by atoms with van der Waals surface area (Å²) in [7, 11) is 0. The number of amides is 1. The number of furan rings is 1. The number of anilines is 1. The van der Waals surface area contributed by atoms with Crippen molar-refractivity contribution >= 4 is 35.1 Å². The topological polar surface area (TPSA) is 70.9 Å².